The number of carbonyl (C=O) groups excluding carboxylic acids is 2. The minimum Gasteiger partial charge on any atom is -0.449 e. The van der Waals surface area contributed by atoms with Crippen LogP contribution in [-0.2, 0) is 19.6 Å². The lowest BCUT2D eigenvalue weighted by Gasteiger charge is -2.14. The van der Waals surface area contributed by atoms with E-state index in [2.05, 4.69) is 5.32 Å². The van der Waals surface area contributed by atoms with E-state index in [9.17, 15) is 18.0 Å². The fourth-order valence-electron chi connectivity index (χ4n) is 2.65. The lowest BCUT2D eigenvalue weighted by molar-refractivity contribution is -0.123. The van der Waals surface area contributed by atoms with E-state index in [1.54, 1.807) is 12.1 Å². The van der Waals surface area contributed by atoms with Crippen molar-refractivity contribution in [3.8, 4) is 0 Å². The summed E-state index contributed by atoms with van der Waals surface area (Å²) in [7, 11) is -3.81. The van der Waals surface area contributed by atoms with Crippen molar-refractivity contribution in [2.75, 3.05) is 5.32 Å². The van der Waals surface area contributed by atoms with Crippen LogP contribution < -0.4 is 10.5 Å². The van der Waals surface area contributed by atoms with Crippen molar-refractivity contribution < 1.29 is 22.7 Å². The first kappa shape index (κ1) is 19.5. The largest absolute Gasteiger partial charge is 0.449 e. The van der Waals surface area contributed by atoms with Gasteiger partial charge in [-0.25, -0.2) is 18.4 Å². The van der Waals surface area contributed by atoms with Crippen LogP contribution in [0.1, 0.15) is 17.3 Å². The molecule has 28 heavy (non-hydrogen) atoms. The Labute approximate surface area is 162 Å². The zero-order chi connectivity index (χ0) is 20.3. The van der Waals surface area contributed by atoms with Crippen molar-refractivity contribution in [3.05, 3.63) is 72.3 Å². The Balaban J connectivity index is 1.69. The highest BCUT2D eigenvalue weighted by molar-refractivity contribution is 7.89. The third-order valence-electron chi connectivity index (χ3n) is 4.11. The normalized spacial score (nSPS) is 12.4. The molecule has 1 atom stereocenters. The van der Waals surface area contributed by atoms with Crippen molar-refractivity contribution in [2.24, 2.45) is 5.14 Å². The Bertz CT molecular complexity index is 1140. The highest BCUT2D eigenvalue weighted by Crippen LogP contribution is 2.20. The molecule has 0 saturated carbocycles. The number of primary sulfonamides is 1. The molecule has 0 fully saturated rings. The molecular weight excluding hydrogens is 380 g/mol. The molecular formula is C20H18N2O5S. The van der Waals surface area contributed by atoms with Gasteiger partial charge in [-0.05, 0) is 48.0 Å². The molecule has 144 valence electrons. The van der Waals surface area contributed by atoms with Gasteiger partial charge in [0.25, 0.3) is 5.91 Å². The predicted octanol–water partition coefficient (Wildman–Crippen LogP) is 2.67. The van der Waals surface area contributed by atoms with Crippen LogP contribution in [0.5, 0.6) is 0 Å². The maximum atomic E-state index is 12.5. The number of nitrogens with one attached hydrogen (secondary N) is 1. The molecule has 0 saturated heterocycles. The van der Waals surface area contributed by atoms with Gasteiger partial charge in [0.2, 0.25) is 10.0 Å². The minimum absolute atomic E-state index is 0.0686. The van der Waals surface area contributed by atoms with Gasteiger partial charge in [-0.2, -0.15) is 0 Å². The highest BCUT2D eigenvalue weighted by Gasteiger charge is 2.20. The number of fused-ring (bicyclic) bond motifs is 1. The molecule has 3 aromatic carbocycles. The second-order valence-electron chi connectivity index (χ2n) is 6.13. The average molecular weight is 398 g/mol. The maximum absolute atomic E-state index is 12.5. The van der Waals surface area contributed by atoms with Gasteiger partial charge in [0.05, 0.1) is 10.5 Å². The number of nitrogens with two attached hydrogens (primary N) is 1. The van der Waals surface area contributed by atoms with Gasteiger partial charge in [0.1, 0.15) is 0 Å². The van der Waals surface area contributed by atoms with Gasteiger partial charge >= 0.3 is 5.97 Å². The van der Waals surface area contributed by atoms with E-state index in [0.717, 1.165) is 10.8 Å². The van der Waals surface area contributed by atoms with Gasteiger partial charge in [-0.1, -0.05) is 36.4 Å². The third-order valence-corrected chi connectivity index (χ3v) is 5.04. The fourth-order valence-corrected chi connectivity index (χ4v) is 3.17. The Morgan fingerprint density at radius 2 is 1.61 bits per heavy atom. The highest BCUT2D eigenvalue weighted by atomic mass is 32.2. The van der Waals surface area contributed by atoms with Crippen molar-refractivity contribution in [1.82, 2.24) is 0 Å². The summed E-state index contributed by atoms with van der Waals surface area (Å²) in [4.78, 5) is 24.7. The molecule has 8 heteroatoms. The van der Waals surface area contributed by atoms with Gasteiger partial charge in [0.15, 0.2) is 6.10 Å². The van der Waals surface area contributed by atoms with E-state index < -0.39 is 28.0 Å². The van der Waals surface area contributed by atoms with Crippen LogP contribution in [0.2, 0.25) is 0 Å². The number of ether oxygens (including phenoxy) is 1. The van der Waals surface area contributed by atoms with E-state index in [1.165, 1.54) is 31.2 Å². The molecule has 0 aromatic heterocycles. The topological polar surface area (TPSA) is 116 Å². The molecule has 0 aliphatic heterocycles. The third kappa shape index (κ3) is 4.36. The smallest absolute Gasteiger partial charge is 0.339 e. The maximum Gasteiger partial charge on any atom is 0.339 e. The summed E-state index contributed by atoms with van der Waals surface area (Å²) in [6.07, 6.45) is -1.05. The number of amides is 1. The predicted molar refractivity (Wildman–Crippen MR) is 105 cm³/mol. The molecule has 3 aromatic rings. The summed E-state index contributed by atoms with van der Waals surface area (Å²) in [5, 5.41) is 9.23. The van der Waals surface area contributed by atoms with Crippen LogP contribution in [0.3, 0.4) is 0 Å². The Morgan fingerprint density at radius 1 is 0.964 bits per heavy atom. The van der Waals surface area contributed by atoms with Gasteiger partial charge in [0, 0.05) is 5.69 Å². The van der Waals surface area contributed by atoms with Crippen molar-refractivity contribution in [3.63, 3.8) is 0 Å². The van der Waals surface area contributed by atoms with E-state index in [-0.39, 0.29) is 4.90 Å². The number of hydrogen-bond acceptors (Lipinski definition) is 5. The van der Waals surface area contributed by atoms with Gasteiger partial charge in [-0.15, -0.1) is 0 Å². The zero-order valence-corrected chi connectivity index (χ0v) is 15.8. The molecule has 0 aliphatic rings. The molecule has 7 nitrogen and oxygen atoms in total. The molecule has 0 aliphatic carbocycles. The fraction of sp³-hybridized carbons (Fsp3) is 0.100. The number of sulfonamides is 1. The molecule has 0 unspecified atom stereocenters. The van der Waals surface area contributed by atoms with Crippen LogP contribution in [-0.4, -0.2) is 26.4 Å². The van der Waals surface area contributed by atoms with E-state index in [0.29, 0.717) is 11.3 Å². The number of anilines is 1. The lowest BCUT2D eigenvalue weighted by Crippen LogP contribution is -2.30. The summed E-state index contributed by atoms with van der Waals surface area (Å²) < 4.78 is 27.8. The molecule has 0 heterocycles. The first-order valence-electron chi connectivity index (χ1n) is 8.38. The summed E-state index contributed by atoms with van der Waals surface area (Å²) in [5.41, 5.74) is 0.723. The Morgan fingerprint density at radius 3 is 2.29 bits per heavy atom. The number of benzene rings is 3. The SMILES string of the molecule is C[C@@H](OC(=O)c1cccc2ccccc12)C(=O)Nc1ccc(S(N)(=O)=O)cc1. The summed E-state index contributed by atoms with van der Waals surface area (Å²) >= 11 is 0. The Kier molecular flexibility index (Phi) is 5.43. The monoisotopic (exact) mass is 398 g/mol. The quantitative estimate of drug-likeness (QED) is 0.641. The lowest BCUT2D eigenvalue weighted by atomic mass is 10.0. The van der Waals surface area contributed by atoms with E-state index in [1.807, 2.05) is 30.3 Å². The molecule has 3 N–H and O–H groups in total. The first-order valence-corrected chi connectivity index (χ1v) is 9.93. The summed E-state index contributed by atoms with van der Waals surface area (Å²) in [6, 6.07) is 18.0. The van der Waals surface area contributed by atoms with Crippen LogP contribution >= 0.6 is 0 Å². The van der Waals surface area contributed by atoms with E-state index >= 15 is 0 Å². The molecule has 3 rings (SSSR count). The zero-order valence-electron chi connectivity index (χ0n) is 15.0. The first-order chi connectivity index (χ1) is 13.3. The van der Waals surface area contributed by atoms with Crippen LogP contribution in [0.4, 0.5) is 5.69 Å². The molecule has 0 bridgehead atoms. The number of hydrogen-bond donors (Lipinski definition) is 2. The van der Waals surface area contributed by atoms with Crippen molar-refractivity contribution in [1.29, 1.82) is 0 Å². The van der Waals surface area contributed by atoms with Crippen molar-refractivity contribution in [2.45, 2.75) is 17.9 Å². The number of rotatable bonds is 5. The van der Waals surface area contributed by atoms with Crippen LogP contribution in [0, 0.1) is 0 Å². The standard InChI is InChI=1S/C20H18N2O5S/c1-13(19(23)22-15-9-11-16(12-10-15)28(21,25)26)27-20(24)18-8-4-6-14-5-2-3-7-17(14)18/h2-13H,1H3,(H,22,23)(H2,21,25,26)/t13-/m1/s1. The van der Waals surface area contributed by atoms with Crippen LogP contribution in [0.15, 0.2) is 71.6 Å². The molecule has 1 amide bonds. The molecule has 0 spiro atoms. The van der Waals surface area contributed by atoms with E-state index in [4.69, 9.17) is 9.88 Å². The van der Waals surface area contributed by atoms with Gasteiger partial charge in [-0.3, -0.25) is 4.79 Å². The number of esters is 1. The number of carbonyl (C=O) groups is 2. The minimum atomic E-state index is -3.81. The second-order valence-corrected chi connectivity index (χ2v) is 7.69. The van der Waals surface area contributed by atoms with Crippen molar-refractivity contribution >= 4 is 38.4 Å². The molecule has 0 radical (unpaired) electrons. The average Bonchev–Trinajstić information content (AvgIpc) is 2.67. The summed E-state index contributed by atoms with van der Waals surface area (Å²) in [6.45, 7) is 1.46. The summed E-state index contributed by atoms with van der Waals surface area (Å²) in [5.74, 6) is -1.15. The van der Waals surface area contributed by atoms with Crippen LogP contribution in [0.25, 0.3) is 10.8 Å². The Hall–Kier alpha value is -3.23. The second kappa shape index (κ2) is 7.79. The van der Waals surface area contributed by atoms with Gasteiger partial charge < -0.3 is 10.1 Å².